The van der Waals surface area contributed by atoms with E-state index in [1.54, 1.807) is 0 Å². The van der Waals surface area contributed by atoms with Crippen LogP contribution >= 0.6 is 0 Å². The van der Waals surface area contributed by atoms with Crippen molar-refractivity contribution in [1.82, 2.24) is 10.2 Å². The predicted octanol–water partition coefficient (Wildman–Crippen LogP) is 0.145. The van der Waals surface area contributed by atoms with Crippen LogP contribution in [0.5, 0.6) is 0 Å². The Kier molecular flexibility index (Phi) is 5.18. The summed E-state index contributed by atoms with van der Waals surface area (Å²) in [7, 11) is 1.40. The number of likely N-dealkylation sites (tertiary alicyclic amines) is 1. The van der Waals surface area contributed by atoms with E-state index in [2.05, 4.69) is 5.32 Å². The third-order valence-corrected chi connectivity index (χ3v) is 2.90. The minimum absolute atomic E-state index is 0.0589. The number of hydrogen-bond acceptors (Lipinski definition) is 4. The van der Waals surface area contributed by atoms with Crippen molar-refractivity contribution in [3.05, 3.63) is 0 Å². The number of ether oxygens (including phenoxy) is 1. The number of hydrogen-bond donors (Lipinski definition) is 2. The maximum absolute atomic E-state index is 12.1. The summed E-state index contributed by atoms with van der Waals surface area (Å²) in [5, 5.41) is 12.1. The van der Waals surface area contributed by atoms with E-state index in [4.69, 9.17) is 4.74 Å². The third-order valence-electron chi connectivity index (χ3n) is 2.90. The molecule has 1 unspecified atom stereocenters. The molecule has 1 heterocycles. The van der Waals surface area contributed by atoms with Crippen LogP contribution in [0.4, 0.5) is 0 Å². The van der Waals surface area contributed by atoms with E-state index in [0.29, 0.717) is 0 Å². The summed E-state index contributed by atoms with van der Waals surface area (Å²) in [5.74, 6) is 0.182. The van der Waals surface area contributed by atoms with Crippen LogP contribution in [0.3, 0.4) is 0 Å². The molecule has 0 saturated carbocycles. The third kappa shape index (κ3) is 3.43. The first-order valence-corrected chi connectivity index (χ1v) is 5.82. The standard InChI is InChI=1S/C11H22N2O3/c1-8(2)9(12-11(15)16-3)10(14)13-6-4-5-7-13/h8-9,11-12,15H,4-7H2,1-3H3/t9-,11?/m0/s1. The Balaban J connectivity index is 2.57. The summed E-state index contributed by atoms with van der Waals surface area (Å²) in [6, 6.07) is -0.381. The molecule has 94 valence electrons. The molecule has 1 aliphatic heterocycles. The van der Waals surface area contributed by atoms with Gasteiger partial charge in [-0.3, -0.25) is 10.1 Å². The van der Waals surface area contributed by atoms with Gasteiger partial charge in [0.05, 0.1) is 6.04 Å². The molecule has 5 nitrogen and oxygen atoms in total. The maximum atomic E-state index is 12.1. The number of methoxy groups -OCH3 is 1. The first-order chi connectivity index (χ1) is 7.56. The van der Waals surface area contributed by atoms with Crippen molar-refractivity contribution in [2.45, 2.75) is 39.1 Å². The van der Waals surface area contributed by atoms with Gasteiger partial charge in [0, 0.05) is 20.2 Å². The molecule has 0 aromatic heterocycles. The molecule has 16 heavy (non-hydrogen) atoms. The Morgan fingerprint density at radius 3 is 2.38 bits per heavy atom. The Hall–Kier alpha value is -0.650. The van der Waals surface area contributed by atoms with E-state index >= 15 is 0 Å². The minimum Gasteiger partial charge on any atom is -0.356 e. The van der Waals surface area contributed by atoms with E-state index in [1.807, 2.05) is 18.7 Å². The molecule has 1 rings (SSSR count). The smallest absolute Gasteiger partial charge is 0.240 e. The normalized spacial score (nSPS) is 20.2. The van der Waals surface area contributed by atoms with Gasteiger partial charge in [-0.1, -0.05) is 13.8 Å². The predicted molar refractivity (Wildman–Crippen MR) is 60.6 cm³/mol. The van der Waals surface area contributed by atoms with Crippen molar-refractivity contribution in [3.63, 3.8) is 0 Å². The molecule has 1 amide bonds. The molecule has 0 aromatic rings. The zero-order valence-electron chi connectivity index (χ0n) is 10.3. The van der Waals surface area contributed by atoms with Crippen LogP contribution in [0.1, 0.15) is 26.7 Å². The Labute approximate surface area is 96.8 Å². The molecule has 2 atom stereocenters. The van der Waals surface area contributed by atoms with Crippen LogP contribution in [-0.4, -0.2) is 48.6 Å². The van der Waals surface area contributed by atoms with E-state index < -0.39 is 6.41 Å². The molecule has 2 N–H and O–H groups in total. The number of aliphatic hydroxyl groups is 1. The van der Waals surface area contributed by atoms with Crippen molar-refractivity contribution in [3.8, 4) is 0 Å². The molecule has 1 fully saturated rings. The first kappa shape index (κ1) is 13.4. The van der Waals surface area contributed by atoms with E-state index in [9.17, 15) is 9.90 Å². The monoisotopic (exact) mass is 230 g/mol. The largest absolute Gasteiger partial charge is 0.356 e. The Morgan fingerprint density at radius 1 is 1.38 bits per heavy atom. The van der Waals surface area contributed by atoms with Gasteiger partial charge in [0.25, 0.3) is 0 Å². The van der Waals surface area contributed by atoms with Crippen LogP contribution in [-0.2, 0) is 9.53 Å². The van der Waals surface area contributed by atoms with E-state index in [1.165, 1.54) is 7.11 Å². The van der Waals surface area contributed by atoms with Gasteiger partial charge in [-0.25, -0.2) is 0 Å². The van der Waals surface area contributed by atoms with Crippen LogP contribution < -0.4 is 5.32 Å². The lowest BCUT2D eigenvalue weighted by atomic mass is 10.0. The highest BCUT2D eigenvalue weighted by atomic mass is 16.6. The highest BCUT2D eigenvalue weighted by Crippen LogP contribution is 2.13. The van der Waals surface area contributed by atoms with Crippen LogP contribution in [0.25, 0.3) is 0 Å². The fourth-order valence-corrected chi connectivity index (χ4v) is 1.90. The zero-order chi connectivity index (χ0) is 12.1. The van der Waals surface area contributed by atoms with Gasteiger partial charge in [-0.05, 0) is 18.8 Å². The molecular weight excluding hydrogens is 208 g/mol. The van der Waals surface area contributed by atoms with Gasteiger partial charge in [0.2, 0.25) is 12.3 Å². The Bertz CT molecular complexity index is 227. The molecule has 1 saturated heterocycles. The average Bonchev–Trinajstić information content (AvgIpc) is 2.77. The zero-order valence-corrected chi connectivity index (χ0v) is 10.3. The summed E-state index contributed by atoms with van der Waals surface area (Å²) in [5.41, 5.74) is 0. The van der Waals surface area contributed by atoms with Gasteiger partial charge in [0.1, 0.15) is 0 Å². The fraction of sp³-hybridized carbons (Fsp3) is 0.909. The van der Waals surface area contributed by atoms with Crippen LogP contribution in [0.15, 0.2) is 0 Å². The van der Waals surface area contributed by atoms with Gasteiger partial charge in [0.15, 0.2) is 0 Å². The van der Waals surface area contributed by atoms with E-state index in [-0.39, 0.29) is 17.9 Å². The van der Waals surface area contributed by atoms with Crippen LogP contribution in [0.2, 0.25) is 0 Å². The molecule has 0 bridgehead atoms. The van der Waals surface area contributed by atoms with Crippen molar-refractivity contribution in [1.29, 1.82) is 0 Å². The van der Waals surface area contributed by atoms with Gasteiger partial charge in [-0.15, -0.1) is 0 Å². The molecule has 0 radical (unpaired) electrons. The number of carbonyl (C=O) groups is 1. The summed E-state index contributed by atoms with van der Waals surface area (Å²) >= 11 is 0. The SMILES string of the molecule is COC(O)N[C@H](C(=O)N1CCCC1)C(C)C. The number of nitrogens with zero attached hydrogens (tertiary/aromatic N) is 1. The second kappa shape index (κ2) is 6.18. The molecule has 5 heteroatoms. The van der Waals surface area contributed by atoms with Crippen molar-refractivity contribution >= 4 is 5.91 Å². The highest BCUT2D eigenvalue weighted by molar-refractivity contribution is 5.82. The molecule has 0 spiro atoms. The summed E-state index contributed by atoms with van der Waals surface area (Å²) in [4.78, 5) is 14.0. The van der Waals surface area contributed by atoms with Gasteiger partial charge < -0.3 is 14.7 Å². The Morgan fingerprint density at radius 2 is 1.94 bits per heavy atom. The van der Waals surface area contributed by atoms with Gasteiger partial charge >= 0.3 is 0 Å². The number of rotatable bonds is 5. The average molecular weight is 230 g/mol. The number of aliphatic hydroxyl groups excluding tert-OH is 1. The first-order valence-electron chi connectivity index (χ1n) is 5.82. The van der Waals surface area contributed by atoms with Crippen molar-refractivity contribution in [2.24, 2.45) is 5.92 Å². The molecule has 1 aliphatic rings. The summed E-state index contributed by atoms with van der Waals surface area (Å²) in [6.45, 7) is 5.56. The number of carbonyl (C=O) groups excluding carboxylic acids is 1. The lowest BCUT2D eigenvalue weighted by molar-refractivity contribution is -0.143. The summed E-state index contributed by atoms with van der Waals surface area (Å²) < 4.78 is 4.72. The van der Waals surface area contributed by atoms with Crippen molar-refractivity contribution in [2.75, 3.05) is 20.2 Å². The van der Waals surface area contributed by atoms with Gasteiger partial charge in [-0.2, -0.15) is 0 Å². The summed E-state index contributed by atoms with van der Waals surface area (Å²) in [6.07, 6.45) is 1.06. The number of nitrogens with one attached hydrogen (secondary N) is 1. The molecule has 0 aromatic carbocycles. The van der Waals surface area contributed by atoms with Crippen LogP contribution in [0, 0.1) is 5.92 Å². The maximum Gasteiger partial charge on any atom is 0.240 e. The van der Waals surface area contributed by atoms with E-state index in [0.717, 1.165) is 25.9 Å². The molecule has 0 aliphatic carbocycles. The number of amides is 1. The fourth-order valence-electron chi connectivity index (χ4n) is 1.90. The van der Waals surface area contributed by atoms with Crippen molar-refractivity contribution < 1.29 is 14.6 Å². The lowest BCUT2D eigenvalue weighted by Gasteiger charge is -2.28. The molecular formula is C11H22N2O3. The minimum atomic E-state index is -1.08. The quantitative estimate of drug-likeness (QED) is 0.660. The second-order valence-corrected chi connectivity index (χ2v) is 4.51. The lowest BCUT2D eigenvalue weighted by Crippen LogP contribution is -2.52. The highest BCUT2D eigenvalue weighted by Gasteiger charge is 2.29. The topological polar surface area (TPSA) is 61.8 Å². The second-order valence-electron chi connectivity index (χ2n) is 4.51.